The summed E-state index contributed by atoms with van der Waals surface area (Å²) in [6.07, 6.45) is 0.518. The summed E-state index contributed by atoms with van der Waals surface area (Å²) in [7, 11) is 3.27. The molecule has 3 aromatic carbocycles. The van der Waals surface area contributed by atoms with E-state index in [4.69, 9.17) is 14.6 Å². The molecular weight excluding hydrogens is 404 g/mol. The van der Waals surface area contributed by atoms with Gasteiger partial charge in [0.1, 0.15) is 0 Å². The molecule has 0 aromatic heterocycles. The molecule has 162 valence electrons. The van der Waals surface area contributed by atoms with Gasteiger partial charge in [0.15, 0.2) is 17.7 Å². The van der Waals surface area contributed by atoms with Gasteiger partial charge in [-0.1, -0.05) is 36.4 Å². The van der Waals surface area contributed by atoms with Gasteiger partial charge < -0.3 is 19.7 Å². The fourth-order valence-electron chi connectivity index (χ4n) is 4.29. The standard InChI is InChI=1S/C25H24N4O3/c1-31-21-15-17-13-14-28-23(24(30)26-18-9-5-3-6-10-18)27-29(19-11-7-4-8-12-19)25(28)20(17)16-22(21)32-2/h3-12,15-16,25H,13-14H2,1-2H3,(H,26,30)/t25-/m0/s1. The van der Waals surface area contributed by atoms with Gasteiger partial charge in [0.25, 0.3) is 5.91 Å². The van der Waals surface area contributed by atoms with E-state index in [-0.39, 0.29) is 12.1 Å². The van der Waals surface area contributed by atoms with Crippen LogP contribution in [0.3, 0.4) is 0 Å². The number of amidine groups is 1. The van der Waals surface area contributed by atoms with Crippen LogP contribution in [0.5, 0.6) is 11.5 Å². The zero-order chi connectivity index (χ0) is 22.1. The third-order valence-corrected chi connectivity index (χ3v) is 5.80. The molecule has 2 heterocycles. The Balaban J connectivity index is 1.57. The number of carbonyl (C=O) groups is 1. The molecule has 0 spiro atoms. The predicted octanol–water partition coefficient (Wildman–Crippen LogP) is 4.03. The van der Waals surface area contributed by atoms with Crippen LogP contribution < -0.4 is 19.8 Å². The number of anilines is 2. The molecule has 1 amide bonds. The lowest BCUT2D eigenvalue weighted by Crippen LogP contribution is -2.44. The molecule has 7 nitrogen and oxygen atoms in total. The molecule has 2 aliphatic heterocycles. The van der Waals surface area contributed by atoms with Crippen LogP contribution >= 0.6 is 0 Å². The zero-order valence-electron chi connectivity index (χ0n) is 18.0. The van der Waals surface area contributed by atoms with Crippen molar-refractivity contribution in [3.05, 3.63) is 83.9 Å². The van der Waals surface area contributed by atoms with Gasteiger partial charge >= 0.3 is 0 Å². The second kappa shape index (κ2) is 8.26. The van der Waals surface area contributed by atoms with Crippen LogP contribution in [0.1, 0.15) is 17.3 Å². The number of hydrogen-bond acceptors (Lipinski definition) is 6. The van der Waals surface area contributed by atoms with E-state index in [0.29, 0.717) is 23.9 Å². The van der Waals surface area contributed by atoms with Gasteiger partial charge in [0.2, 0.25) is 5.84 Å². The summed E-state index contributed by atoms with van der Waals surface area (Å²) in [5.74, 6) is 1.52. The number of methoxy groups -OCH3 is 2. The zero-order valence-corrected chi connectivity index (χ0v) is 18.0. The van der Waals surface area contributed by atoms with E-state index >= 15 is 0 Å². The molecule has 0 radical (unpaired) electrons. The Hall–Kier alpha value is -4.00. The van der Waals surface area contributed by atoms with Crippen molar-refractivity contribution in [3.63, 3.8) is 0 Å². The third kappa shape index (κ3) is 3.41. The first-order valence-corrected chi connectivity index (χ1v) is 10.5. The Morgan fingerprint density at radius 2 is 1.62 bits per heavy atom. The summed E-state index contributed by atoms with van der Waals surface area (Å²) in [6.45, 7) is 0.664. The Kier molecular flexibility index (Phi) is 5.15. The molecule has 7 heteroatoms. The minimum absolute atomic E-state index is 0.233. The van der Waals surface area contributed by atoms with Gasteiger partial charge in [-0.25, -0.2) is 5.01 Å². The maximum Gasteiger partial charge on any atom is 0.293 e. The average molecular weight is 428 g/mol. The van der Waals surface area contributed by atoms with Gasteiger partial charge in [0.05, 0.1) is 19.9 Å². The normalized spacial score (nSPS) is 16.7. The van der Waals surface area contributed by atoms with Crippen LogP contribution in [0, 0.1) is 0 Å². The largest absolute Gasteiger partial charge is 0.493 e. The third-order valence-electron chi connectivity index (χ3n) is 5.80. The molecule has 0 aliphatic carbocycles. The van der Waals surface area contributed by atoms with E-state index in [1.807, 2.05) is 77.8 Å². The number of hydrogen-bond donors (Lipinski definition) is 1. The van der Waals surface area contributed by atoms with Crippen LogP contribution in [-0.4, -0.2) is 37.4 Å². The number of benzene rings is 3. The van der Waals surface area contributed by atoms with Gasteiger partial charge in [-0.2, -0.15) is 0 Å². The highest BCUT2D eigenvalue weighted by atomic mass is 16.5. The summed E-state index contributed by atoms with van der Waals surface area (Å²) in [5.41, 5.74) is 3.85. The number of para-hydroxylation sites is 2. The smallest absolute Gasteiger partial charge is 0.293 e. The van der Waals surface area contributed by atoms with Crippen molar-refractivity contribution >= 4 is 23.1 Å². The van der Waals surface area contributed by atoms with Crippen LogP contribution in [0.25, 0.3) is 0 Å². The molecule has 0 saturated heterocycles. The Labute approximate surface area is 186 Å². The Bertz CT molecular complexity index is 1160. The summed E-state index contributed by atoms with van der Waals surface area (Å²) in [5, 5.41) is 9.67. The number of carbonyl (C=O) groups excluding carboxylic acids is 1. The van der Waals surface area contributed by atoms with E-state index in [2.05, 4.69) is 10.2 Å². The summed E-state index contributed by atoms with van der Waals surface area (Å²) >= 11 is 0. The number of rotatable bonds is 5. The average Bonchev–Trinajstić information content (AvgIpc) is 3.24. The van der Waals surface area contributed by atoms with Crippen LogP contribution in [0.4, 0.5) is 11.4 Å². The van der Waals surface area contributed by atoms with Crippen molar-refractivity contribution in [2.75, 3.05) is 31.1 Å². The summed E-state index contributed by atoms with van der Waals surface area (Å²) in [4.78, 5) is 15.3. The summed E-state index contributed by atoms with van der Waals surface area (Å²) in [6, 6.07) is 23.3. The van der Waals surface area contributed by atoms with Gasteiger partial charge in [-0.05, 0) is 48.4 Å². The molecule has 0 fully saturated rings. The first-order valence-electron chi connectivity index (χ1n) is 10.5. The molecule has 0 saturated carbocycles. The monoisotopic (exact) mass is 428 g/mol. The van der Waals surface area contributed by atoms with Crippen LogP contribution in [-0.2, 0) is 11.2 Å². The Morgan fingerprint density at radius 1 is 0.969 bits per heavy atom. The quantitative estimate of drug-likeness (QED) is 0.665. The van der Waals surface area contributed by atoms with Crippen molar-refractivity contribution in [3.8, 4) is 11.5 Å². The molecule has 1 atom stereocenters. The number of fused-ring (bicyclic) bond motifs is 3. The highest BCUT2D eigenvalue weighted by molar-refractivity contribution is 6.42. The van der Waals surface area contributed by atoms with Crippen molar-refractivity contribution < 1.29 is 14.3 Å². The molecule has 1 N–H and O–H groups in total. The van der Waals surface area contributed by atoms with Gasteiger partial charge in [0, 0.05) is 17.8 Å². The fourth-order valence-corrected chi connectivity index (χ4v) is 4.29. The number of hydrazone groups is 1. The topological polar surface area (TPSA) is 66.4 Å². The molecule has 2 aliphatic rings. The van der Waals surface area contributed by atoms with E-state index < -0.39 is 0 Å². The molecular formula is C25H24N4O3. The van der Waals surface area contributed by atoms with Gasteiger partial charge in [-0.15, -0.1) is 5.10 Å². The van der Waals surface area contributed by atoms with Crippen molar-refractivity contribution in [2.45, 2.75) is 12.6 Å². The van der Waals surface area contributed by atoms with E-state index in [1.165, 1.54) is 0 Å². The second-order valence-corrected chi connectivity index (χ2v) is 7.65. The second-order valence-electron chi connectivity index (χ2n) is 7.65. The van der Waals surface area contributed by atoms with E-state index in [1.54, 1.807) is 14.2 Å². The highest BCUT2D eigenvalue weighted by Crippen LogP contribution is 2.43. The van der Waals surface area contributed by atoms with E-state index in [9.17, 15) is 4.79 Å². The molecule has 32 heavy (non-hydrogen) atoms. The maximum absolute atomic E-state index is 13.2. The fraction of sp³-hybridized carbons (Fsp3) is 0.200. The lowest BCUT2D eigenvalue weighted by atomic mass is 9.95. The van der Waals surface area contributed by atoms with Crippen LogP contribution in [0.15, 0.2) is 77.9 Å². The molecule has 5 rings (SSSR count). The minimum atomic E-state index is -0.252. The first-order chi connectivity index (χ1) is 15.7. The number of amides is 1. The lowest BCUT2D eigenvalue weighted by molar-refractivity contribution is -0.111. The molecule has 3 aromatic rings. The SMILES string of the molecule is COc1cc2c(cc1OC)[C@H]1N(CC2)C(C(=O)Nc2ccccc2)=NN1c1ccccc1. The maximum atomic E-state index is 13.2. The first kappa shape index (κ1) is 19.9. The van der Waals surface area contributed by atoms with E-state index in [0.717, 1.165) is 28.9 Å². The van der Waals surface area contributed by atoms with Gasteiger partial charge in [-0.3, -0.25) is 4.79 Å². The number of ether oxygens (including phenoxy) is 2. The predicted molar refractivity (Wildman–Crippen MR) is 124 cm³/mol. The van der Waals surface area contributed by atoms with Crippen molar-refractivity contribution in [2.24, 2.45) is 5.10 Å². The highest BCUT2D eigenvalue weighted by Gasteiger charge is 2.42. The minimum Gasteiger partial charge on any atom is -0.493 e. The number of nitrogens with zero attached hydrogens (tertiary/aromatic N) is 3. The molecule has 0 bridgehead atoms. The Morgan fingerprint density at radius 3 is 2.31 bits per heavy atom. The molecule has 0 unspecified atom stereocenters. The van der Waals surface area contributed by atoms with Crippen molar-refractivity contribution in [1.82, 2.24) is 4.90 Å². The number of nitrogens with one attached hydrogen (secondary N) is 1. The summed E-state index contributed by atoms with van der Waals surface area (Å²) < 4.78 is 11.1. The van der Waals surface area contributed by atoms with Crippen LogP contribution in [0.2, 0.25) is 0 Å². The lowest BCUT2D eigenvalue weighted by Gasteiger charge is -2.37. The van der Waals surface area contributed by atoms with Crippen molar-refractivity contribution in [1.29, 1.82) is 0 Å².